The molecular formula is C9H15NO5. The quantitative estimate of drug-likeness (QED) is 0.523. The molecule has 1 unspecified atom stereocenters. The number of nitrogens with one attached hydrogen (secondary N) is 1. The van der Waals surface area contributed by atoms with Crippen LogP contribution in [0, 0.1) is 0 Å². The summed E-state index contributed by atoms with van der Waals surface area (Å²) < 4.78 is 0. The summed E-state index contributed by atoms with van der Waals surface area (Å²) in [5.41, 5.74) is 0. The van der Waals surface area contributed by atoms with E-state index in [1.807, 2.05) is 0 Å². The summed E-state index contributed by atoms with van der Waals surface area (Å²) in [7, 11) is 0. The second-order valence-electron chi connectivity index (χ2n) is 3.19. The van der Waals surface area contributed by atoms with Gasteiger partial charge in [-0.2, -0.15) is 0 Å². The van der Waals surface area contributed by atoms with Crippen LogP contribution in [0.15, 0.2) is 0 Å². The van der Waals surface area contributed by atoms with Crippen molar-refractivity contribution in [3.8, 4) is 0 Å². The fraction of sp³-hybridized carbons (Fsp3) is 0.667. The van der Waals surface area contributed by atoms with Crippen LogP contribution in [0.25, 0.3) is 0 Å². The van der Waals surface area contributed by atoms with Crippen LogP contribution < -0.4 is 5.32 Å². The number of carbonyl (C=O) groups is 3. The van der Waals surface area contributed by atoms with Crippen molar-refractivity contribution in [3.63, 3.8) is 0 Å². The van der Waals surface area contributed by atoms with E-state index in [1.165, 1.54) is 6.92 Å². The smallest absolute Gasteiger partial charge is 0.326 e. The molecule has 1 atom stereocenters. The molecule has 1 amide bonds. The van der Waals surface area contributed by atoms with Gasteiger partial charge < -0.3 is 15.5 Å². The monoisotopic (exact) mass is 217 g/mol. The number of carbonyl (C=O) groups excluding carboxylic acids is 2. The number of amides is 1. The first-order valence-electron chi connectivity index (χ1n) is 4.59. The molecule has 0 radical (unpaired) electrons. The van der Waals surface area contributed by atoms with E-state index < -0.39 is 17.9 Å². The molecule has 0 saturated carbocycles. The Morgan fingerprint density at radius 2 is 1.93 bits per heavy atom. The summed E-state index contributed by atoms with van der Waals surface area (Å²) >= 11 is 0. The van der Waals surface area contributed by atoms with Gasteiger partial charge in [0.25, 0.3) is 0 Å². The predicted molar refractivity (Wildman–Crippen MR) is 51.2 cm³/mol. The normalized spacial score (nSPS) is 11.9. The Hall–Kier alpha value is -1.43. The molecule has 6 nitrogen and oxygen atoms in total. The summed E-state index contributed by atoms with van der Waals surface area (Å²) in [4.78, 5) is 32.4. The van der Waals surface area contributed by atoms with E-state index in [1.54, 1.807) is 0 Å². The standard InChI is InChI=1S/C9H15NO5/c1-6(12)5-7(9(14)15)10-8(13)3-2-4-11/h7,11H,2-5H2,1H3,(H,10,13)(H,14,15). The van der Waals surface area contributed by atoms with Crippen molar-refractivity contribution in [2.24, 2.45) is 0 Å². The number of hydrogen-bond acceptors (Lipinski definition) is 4. The molecule has 0 fully saturated rings. The molecule has 0 aliphatic rings. The number of ketones is 1. The highest BCUT2D eigenvalue weighted by Crippen LogP contribution is 1.96. The molecule has 0 rings (SSSR count). The summed E-state index contributed by atoms with van der Waals surface area (Å²) in [6.07, 6.45) is 0.108. The average Bonchev–Trinajstić information content (AvgIpc) is 2.12. The molecule has 0 bridgehead atoms. The maximum absolute atomic E-state index is 11.1. The van der Waals surface area contributed by atoms with Gasteiger partial charge in [-0.1, -0.05) is 0 Å². The molecule has 0 heterocycles. The second-order valence-corrected chi connectivity index (χ2v) is 3.19. The van der Waals surface area contributed by atoms with Crippen LogP contribution >= 0.6 is 0 Å². The first kappa shape index (κ1) is 13.6. The molecule has 0 aromatic heterocycles. The lowest BCUT2D eigenvalue weighted by molar-refractivity contribution is -0.143. The molecule has 3 N–H and O–H groups in total. The Labute approximate surface area is 87.3 Å². The maximum Gasteiger partial charge on any atom is 0.326 e. The van der Waals surface area contributed by atoms with Crippen LogP contribution in [-0.4, -0.2) is 40.5 Å². The zero-order chi connectivity index (χ0) is 11.8. The van der Waals surface area contributed by atoms with E-state index >= 15 is 0 Å². The van der Waals surface area contributed by atoms with Gasteiger partial charge in [0.05, 0.1) is 0 Å². The highest BCUT2D eigenvalue weighted by molar-refractivity contribution is 5.88. The molecular weight excluding hydrogens is 202 g/mol. The minimum atomic E-state index is -1.23. The largest absolute Gasteiger partial charge is 0.480 e. The van der Waals surface area contributed by atoms with Crippen LogP contribution in [0.2, 0.25) is 0 Å². The molecule has 15 heavy (non-hydrogen) atoms. The number of carboxylic acid groups (broad SMARTS) is 1. The predicted octanol–water partition coefficient (Wildman–Crippen LogP) is -0.693. The number of aliphatic hydroxyl groups is 1. The highest BCUT2D eigenvalue weighted by Gasteiger charge is 2.20. The second kappa shape index (κ2) is 6.94. The molecule has 0 aromatic carbocycles. The first-order chi connectivity index (χ1) is 6.97. The highest BCUT2D eigenvalue weighted by atomic mass is 16.4. The fourth-order valence-electron chi connectivity index (χ4n) is 0.994. The Bertz CT molecular complexity index is 251. The van der Waals surface area contributed by atoms with Gasteiger partial charge in [0.15, 0.2) is 0 Å². The van der Waals surface area contributed by atoms with Crippen molar-refractivity contribution < 1.29 is 24.6 Å². The molecule has 6 heteroatoms. The van der Waals surface area contributed by atoms with E-state index in [4.69, 9.17) is 10.2 Å². The minimum absolute atomic E-state index is 0.0538. The minimum Gasteiger partial charge on any atom is -0.480 e. The number of rotatable bonds is 7. The number of Topliss-reactive ketones (excluding diaryl/α,β-unsaturated/α-hetero) is 1. The van der Waals surface area contributed by atoms with Crippen molar-refractivity contribution >= 4 is 17.7 Å². The first-order valence-corrected chi connectivity index (χ1v) is 4.59. The van der Waals surface area contributed by atoms with Crippen molar-refractivity contribution in [1.29, 1.82) is 0 Å². The third-order valence-corrected chi connectivity index (χ3v) is 1.69. The van der Waals surface area contributed by atoms with E-state index in [0.717, 1.165) is 0 Å². The van der Waals surface area contributed by atoms with E-state index in [0.29, 0.717) is 0 Å². The molecule has 0 aliphatic heterocycles. The van der Waals surface area contributed by atoms with Gasteiger partial charge >= 0.3 is 5.97 Å². The lowest BCUT2D eigenvalue weighted by Crippen LogP contribution is -2.41. The SMILES string of the molecule is CC(=O)CC(NC(=O)CCCO)C(=O)O. The van der Waals surface area contributed by atoms with Gasteiger partial charge in [-0.15, -0.1) is 0 Å². The van der Waals surface area contributed by atoms with Crippen molar-refractivity contribution in [2.75, 3.05) is 6.61 Å². The van der Waals surface area contributed by atoms with Crippen molar-refractivity contribution in [2.45, 2.75) is 32.2 Å². The fourth-order valence-corrected chi connectivity index (χ4v) is 0.994. The number of carboxylic acids is 1. The topological polar surface area (TPSA) is 104 Å². The molecule has 86 valence electrons. The van der Waals surface area contributed by atoms with E-state index in [9.17, 15) is 14.4 Å². The molecule has 0 saturated heterocycles. The number of aliphatic hydroxyl groups excluding tert-OH is 1. The number of hydrogen-bond donors (Lipinski definition) is 3. The number of aliphatic carboxylic acids is 1. The van der Waals surface area contributed by atoms with Gasteiger partial charge in [-0.3, -0.25) is 9.59 Å². The van der Waals surface area contributed by atoms with Crippen LogP contribution in [0.4, 0.5) is 0 Å². The summed E-state index contributed by atoms with van der Waals surface area (Å²) in [5.74, 6) is -2.01. The third kappa shape index (κ3) is 6.62. The lowest BCUT2D eigenvalue weighted by Gasteiger charge is -2.12. The van der Waals surface area contributed by atoms with E-state index in [-0.39, 0.29) is 31.7 Å². The Kier molecular flexibility index (Phi) is 6.28. The van der Waals surface area contributed by atoms with Gasteiger partial charge in [0.1, 0.15) is 11.8 Å². The summed E-state index contributed by atoms with van der Waals surface area (Å²) in [5, 5.41) is 19.3. The van der Waals surface area contributed by atoms with Crippen LogP contribution in [-0.2, 0) is 14.4 Å². The van der Waals surface area contributed by atoms with Gasteiger partial charge in [0.2, 0.25) is 5.91 Å². The van der Waals surface area contributed by atoms with Gasteiger partial charge in [0, 0.05) is 19.4 Å². The third-order valence-electron chi connectivity index (χ3n) is 1.69. The van der Waals surface area contributed by atoms with Crippen LogP contribution in [0.3, 0.4) is 0 Å². The van der Waals surface area contributed by atoms with Crippen molar-refractivity contribution in [3.05, 3.63) is 0 Å². The average molecular weight is 217 g/mol. The zero-order valence-electron chi connectivity index (χ0n) is 8.52. The van der Waals surface area contributed by atoms with Crippen LogP contribution in [0.5, 0.6) is 0 Å². The van der Waals surface area contributed by atoms with Crippen LogP contribution in [0.1, 0.15) is 26.2 Å². The molecule has 0 spiro atoms. The molecule has 0 aliphatic carbocycles. The Balaban J connectivity index is 4.10. The Morgan fingerprint density at radius 3 is 2.33 bits per heavy atom. The summed E-state index contributed by atoms with van der Waals surface area (Å²) in [6.45, 7) is 1.13. The van der Waals surface area contributed by atoms with Gasteiger partial charge in [-0.25, -0.2) is 4.79 Å². The molecule has 0 aromatic rings. The lowest BCUT2D eigenvalue weighted by atomic mass is 10.1. The summed E-state index contributed by atoms with van der Waals surface area (Å²) in [6, 6.07) is -1.17. The van der Waals surface area contributed by atoms with E-state index in [2.05, 4.69) is 5.32 Å². The zero-order valence-corrected chi connectivity index (χ0v) is 8.52. The maximum atomic E-state index is 11.1. The van der Waals surface area contributed by atoms with Crippen molar-refractivity contribution in [1.82, 2.24) is 5.32 Å². The van der Waals surface area contributed by atoms with Gasteiger partial charge in [-0.05, 0) is 13.3 Å². The Morgan fingerprint density at radius 1 is 1.33 bits per heavy atom.